The minimum atomic E-state index is -0.692. The molecule has 1 heterocycles. The van der Waals surface area contributed by atoms with E-state index in [4.69, 9.17) is 14.2 Å². The predicted molar refractivity (Wildman–Crippen MR) is 102 cm³/mol. The normalized spacial score (nSPS) is 15.8. The van der Waals surface area contributed by atoms with E-state index in [0.29, 0.717) is 13.2 Å². The molecule has 0 N–H and O–H groups in total. The van der Waals surface area contributed by atoms with Gasteiger partial charge in [0.15, 0.2) is 0 Å². The first kappa shape index (κ1) is 20.0. The number of rotatable bonds is 6. The Labute approximate surface area is 163 Å². The quantitative estimate of drug-likeness (QED) is 0.552. The van der Waals surface area contributed by atoms with E-state index in [9.17, 15) is 8.78 Å². The molecule has 28 heavy (non-hydrogen) atoms. The second-order valence-electron chi connectivity index (χ2n) is 5.99. The lowest BCUT2D eigenvalue weighted by atomic mass is 10.1. The van der Waals surface area contributed by atoms with E-state index in [-0.39, 0.29) is 24.1 Å². The molecule has 0 spiro atoms. The van der Waals surface area contributed by atoms with Gasteiger partial charge in [0.05, 0.1) is 0 Å². The molecule has 0 saturated heterocycles. The molecule has 0 bridgehead atoms. The van der Waals surface area contributed by atoms with Crippen molar-refractivity contribution in [2.24, 2.45) is 4.99 Å². The fraction of sp³-hybridized carbons (Fsp3) is 0.318. The molecule has 0 aromatic heterocycles. The minimum Gasteiger partial charge on any atom is -0.475 e. The summed E-state index contributed by atoms with van der Waals surface area (Å²) in [4.78, 5) is 4.34. The monoisotopic (exact) mass is 385 g/mol. The molecule has 2 aromatic rings. The number of aliphatic imine (C=N–C) groups is 1. The van der Waals surface area contributed by atoms with Crippen molar-refractivity contribution in [1.29, 1.82) is 0 Å². The van der Waals surface area contributed by atoms with Crippen molar-refractivity contribution in [3.63, 3.8) is 0 Å². The Morgan fingerprint density at radius 1 is 1.07 bits per heavy atom. The Bertz CT molecular complexity index is 874. The Balaban J connectivity index is 1.73. The van der Waals surface area contributed by atoms with Gasteiger partial charge in [0.1, 0.15) is 29.8 Å². The summed E-state index contributed by atoms with van der Waals surface area (Å²) in [7, 11) is 0. The minimum absolute atomic E-state index is 0.0132. The summed E-state index contributed by atoms with van der Waals surface area (Å²) in [6.07, 6.45) is -0.555. The first-order valence-electron chi connectivity index (χ1n) is 9.12. The van der Waals surface area contributed by atoms with Gasteiger partial charge in [-0.25, -0.2) is 13.8 Å². The van der Waals surface area contributed by atoms with Crippen LogP contribution in [0, 0.1) is 23.5 Å². The number of nitrogens with zero attached hydrogens (tertiary/aromatic N) is 1. The molecule has 0 saturated carbocycles. The molecule has 2 aromatic carbocycles. The van der Waals surface area contributed by atoms with E-state index >= 15 is 0 Å². The molecule has 1 unspecified atom stereocenters. The van der Waals surface area contributed by atoms with Crippen LogP contribution in [-0.2, 0) is 14.2 Å². The topological polar surface area (TPSA) is 40.0 Å². The van der Waals surface area contributed by atoms with Crippen LogP contribution < -0.4 is 0 Å². The van der Waals surface area contributed by atoms with Gasteiger partial charge in [-0.2, -0.15) is 0 Å². The molecule has 4 nitrogen and oxygen atoms in total. The Hall–Kier alpha value is -2.75. The lowest BCUT2D eigenvalue weighted by Gasteiger charge is -2.09. The molecule has 0 fully saturated rings. The molecule has 6 heteroatoms. The van der Waals surface area contributed by atoms with E-state index in [0.717, 1.165) is 11.1 Å². The lowest BCUT2D eigenvalue weighted by molar-refractivity contribution is -0.0969. The molecule has 1 aliphatic heterocycles. The highest BCUT2D eigenvalue weighted by Crippen LogP contribution is 2.27. The van der Waals surface area contributed by atoms with Gasteiger partial charge in [-0.3, -0.25) is 0 Å². The highest BCUT2D eigenvalue weighted by molar-refractivity contribution is 5.95. The van der Waals surface area contributed by atoms with Crippen molar-refractivity contribution in [3.8, 4) is 11.8 Å². The lowest BCUT2D eigenvalue weighted by Crippen LogP contribution is -2.14. The maximum absolute atomic E-state index is 13.9. The van der Waals surface area contributed by atoms with Crippen LogP contribution in [0.4, 0.5) is 8.78 Å². The average molecular weight is 385 g/mol. The maximum atomic E-state index is 13.9. The fourth-order valence-electron chi connectivity index (χ4n) is 2.75. The van der Waals surface area contributed by atoms with Crippen LogP contribution in [0.25, 0.3) is 0 Å². The zero-order chi connectivity index (χ0) is 19.9. The van der Waals surface area contributed by atoms with E-state index in [1.807, 2.05) is 38.1 Å². The Morgan fingerprint density at radius 3 is 2.32 bits per heavy atom. The summed E-state index contributed by atoms with van der Waals surface area (Å²) in [6, 6.07) is 10.8. The van der Waals surface area contributed by atoms with Crippen molar-refractivity contribution < 1.29 is 23.0 Å². The van der Waals surface area contributed by atoms with Crippen LogP contribution in [0.5, 0.6) is 0 Å². The Kier molecular flexibility index (Phi) is 6.75. The van der Waals surface area contributed by atoms with Gasteiger partial charge < -0.3 is 14.2 Å². The van der Waals surface area contributed by atoms with E-state index in [2.05, 4.69) is 16.8 Å². The molecule has 1 atom stereocenters. The number of hydrogen-bond acceptors (Lipinski definition) is 4. The average Bonchev–Trinajstić information content (AvgIpc) is 3.16. The van der Waals surface area contributed by atoms with Gasteiger partial charge in [-0.15, -0.1) is 0 Å². The third-order valence-corrected chi connectivity index (χ3v) is 4.09. The molecular formula is C22H21F2NO3. The van der Waals surface area contributed by atoms with E-state index in [1.165, 1.54) is 18.2 Å². The summed E-state index contributed by atoms with van der Waals surface area (Å²) >= 11 is 0. The molecule has 0 aliphatic carbocycles. The molecular weight excluding hydrogens is 364 g/mol. The van der Waals surface area contributed by atoms with Gasteiger partial charge in [0.25, 0.3) is 0 Å². The third-order valence-electron chi connectivity index (χ3n) is 4.09. The van der Waals surface area contributed by atoms with Gasteiger partial charge >= 0.3 is 0 Å². The standard InChI is InChI=1S/C22H21F2NO3/c1-3-26-20(27-4-2)13-10-15-8-11-16(12-9-15)19-14-28-22(25-19)21-17(23)6-5-7-18(21)24/h5-9,11-12,19-20H,3-4,14H2,1-2H3. The van der Waals surface area contributed by atoms with Gasteiger partial charge in [0.2, 0.25) is 12.2 Å². The van der Waals surface area contributed by atoms with Crippen LogP contribution in [-0.4, -0.2) is 32.0 Å². The van der Waals surface area contributed by atoms with Crippen molar-refractivity contribution >= 4 is 5.90 Å². The van der Waals surface area contributed by atoms with Crippen LogP contribution in [0.1, 0.15) is 36.6 Å². The zero-order valence-electron chi connectivity index (χ0n) is 15.7. The zero-order valence-corrected chi connectivity index (χ0v) is 15.7. The first-order valence-corrected chi connectivity index (χ1v) is 9.12. The van der Waals surface area contributed by atoms with Gasteiger partial charge in [-0.1, -0.05) is 24.1 Å². The van der Waals surface area contributed by atoms with E-state index in [1.54, 1.807) is 0 Å². The maximum Gasteiger partial charge on any atom is 0.222 e. The third kappa shape index (κ3) is 4.75. The molecule has 3 rings (SSSR count). The van der Waals surface area contributed by atoms with Crippen molar-refractivity contribution in [3.05, 3.63) is 70.8 Å². The largest absolute Gasteiger partial charge is 0.475 e. The van der Waals surface area contributed by atoms with E-state index < -0.39 is 17.9 Å². The summed E-state index contributed by atoms with van der Waals surface area (Å²) < 4.78 is 44.0. The molecule has 146 valence electrons. The molecule has 1 aliphatic rings. The molecule has 0 amide bonds. The first-order chi connectivity index (χ1) is 13.6. The van der Waals surface area contributed by atoms with Crippen molar-refractivity contribution in [2.45, 2.75) is 26.2 Å². The van der Waals surface area contributed by atoms with Gasteiger partial charge in [0, 0.05) is 18.8 Å². The highest BCUT2D eigenvalue weighted by Gasteiger charge is 2.26. The number of benzene rings is 2. The number of ether oxygens (including phenoxy) is 3. The second kappa shape index (κ2) is 9.45. The summed E-state index contributed by atoms with van der Waals surface area (Å²) in [5.41, 5.74) is 1.45. The van der Waals surface area contributed by atoms with Crippen molar-refractivity contribution in [2.75, 3.05) is 19.8 Å². The van der Waals surface area contributed by atoms with Gasteiger partial charge in [-0.05, 0) is 49.6 Å². The highest BCUT2D eigenvalue weighted by atomic mass is 19.1. The number of hydrogen-bond donors (Lipinski definition) is 0. The number of halogens is 2. The SMILES string of the molecule is CCOC(C#Cc1ccc(C2COC(c3c(F)cccc3F)=N2)cc1)OCC. The summed E-state index contributed by atoms with van der Waals surface area (Å²) in [6.45, 7) is 5.03. The van der Waals surface area contributed by atoms with Crippen LogP contribution in [0.15, 0.2) is 47.5 Å². The predicted octanol–water partition coefficient (Wildman–Crippen LogP) is 4.23. The summed E-state index contributed by atoms with van der Waals surface area (Å²) in [5.74, 6) is 4.56. The second-order valence-corrected chi connectivity index (χ2v) is 5.99. The smallest absolute Gasteiger partial charge is 0.222 e. The molecule has 0 radical (unpaired) electrons. The van der Waals surface area contributed by atoms with Crippen LogP contribution in [0.2, 0.25) is 0 Å². The Morgan fingerprint density at radius 2 is 1.71 bits per heavy atom. The van der Waals surface area contributed by atoms with Crippen LogP contribution >= 0.6 is 0 Å². The summed E-state index contributed by atoms with van der Waals surface area (Å²) in [5, 5.41) is 0. The fourth-order valence-corrected chi connectivity index (χ4v) is 2.75. The van der Waals surface area contributed by atoms with Crippen molar-refractivity contribution in [1.82, 2.24) is 0 Å². The van der Waals surface area contributed by atoms with Crippen LogP contribution in [0.3, 0.4) is 0 Å².